The van der Waals surface area contributed by atoms with Crippen LogP contribution >= 0.6 is 12.4 Å². The van der Waals surface area contributed by atoms with Crippen LogP contribution in [0.1, 0.15) is 54.4 Å². The second-order valence-corrected chi connectivity index (χ2v) is 4.97. The highest BCUT2D eigenvalue weighted by Crippen LogP contribution is 2.32. The van der Waals surface area contributed by atoms with Gasteiger partial charge in [-0.2, -0.15) is 0 Å². The maximum absolute atomic E-state index is 11.5. The molecule has 0 bridgehead atoms. The zero-order valence-corrected chi connectivity index (χ0v) is 12.1. The van der Waals surface area contributed by atoms with Crippen LogP contribution in [0.3, 0.4) is 0 Å². The van der Waals surface area contributed by atoms with Crippen molar-refractivity contribution in [3.05, 3.63) is 35.4 Å². The molecule has 0 spiro atoms. The van der Waals surface area contributed by atoms with Crippen LogP contribution in [0.4, 0.5) is 0 Å². The molecule has 0 aromatic heterocycles. The van der Waals surface area contributed by atoms with E-state index < -0.39 is 0 Å². The Labute approximate surface area is 120 Å². The minimum Gasteiger partial charge on any atom is -0.462 e. The molecule has 106 valence electrons. The monoisotopic (exact) mass is 283 g/mol. The van der Waals surface area contributed by atoms with Crippen molar-refractivity contribution in [2.75, 3.05) is 6.61 Å². The summed E-state index contributed by atoms with van der Waals surface area (Å²) in [4.78, 5) is 11.5. The first-order chi connectivity index (χ1) is 8.70. The highest BCUT2D eigenvalue weighted by atomic mass is 35.5. The van der Waals surface area contributed by atoms with E-state index in [1.807, 2.05) is 31.2 Å². The van der Waals surface area contributed by atoms with Crippen LogP contribution in [0.5, 0.6) is 0 Å². The van der Waals surface area contributed by atoms with E-state index in [2.05, 4.69) is 0 Å². The SMILES string of the molecule is CCOC(=O)c1ccc(C2CCCC(N)C2)cc1.Cl. The van der Waals surface area contributed by atoms with Crippen molar-refractivity contribution >= 4 is 18.4 Å². The molecule has 0 amide bonds. The highest BCUT2D eigenvalue weighted by Gasteiger charge is 2.20. The van der Waals surface area contributed by atoms with E-state index in [0.29, 0.717) is 24.1 Å². The molecule has 3 nitrogen and oxygen atoms in total. The van der Waals surface area contributed by atoms with Gasteiger partial charge in [-0.15, -0.1) is 12.4 Å². The molecule has 0 radical (unpaired) electrons. The summed E-state index contributed by atoms with van der Waals surface area (Å²) < 4.78 is 4.97. The Balaban J connectivity index is 0.00000180. The first-order valence-electron chi connectivity index (χ1n) is 6.73. The van der Waals surface area contributed by atoms with E-state index >= 15 is 0 Å². The van der Waals surface area contributed by atoms with E-state index in [0.717, 1.165) is 12.8 Å². The summed E-state index contributed by atoms with van der Waals surface area (Å²) in [6.45, 7) is 2.23. The van der Waals surface area contributed by atoms with Gasteiger partial charge in [0.25, 0.3) is 0 Å². The number of ether oxygens (including phenoxy) is 1. The number of carbonyl (C=O) groups is 1. The molecule has 4 heteroatoms. The van der Waals surface area contributed by atoms with Gasteiger partial charge < -0.3 is 10.5 Å². The van der Waals surface area contributed by atoms with Crippen LogP contribution in [0.25, 0.3) is 0 Å². The molecule has 2 unspecified atom stereocenters. The molecule has 2 atom stereocenters. The molecular weight excluding hydrogens is 262 g/mol. The summed E-state index contributed by atoms with van der Waals surface area (Å²) in [7, 11) is 0. The molecule has 1 fully saturated rings. The molecule has 2 N–H and O–H groups in total. The number of halogens is 1. The van der Waals surface area contributed by atoms with Gasteiger partial charge in [-0.1, -0.05) is 18.6 Å². The third kappa shape index (κ3) is 4.22. The first-order valence-corrected chi connectivity index (χ1v) is 6.73. The predicted octanol–water partition coefficient (Wildman–Crippen LogP) is 3.27. The minimum absolute atomic E-state index is 0. The van der Waals surface area contributed by atoms with Gasteiger partial charge in [0.15, 0.2) is 0 Å². The summed E-state index contributed by atoms with van der Waals surface area (Å²) in [6, 6.07) is 8.11. The summed E-state index contributed by atoms with van der Waals surface area (Å²) >= 11 is 0. The zero-order chi connectivity index (χ0) is 13.0. The fourth-order valence-corrected chi connectivity index (χ4v) is 2.64. The van der Waals surface area contributed by atoms with Crippen molar-refractivity contribution in [3.8, 4) is 0 Å². The van der Waals surface area contributed by atoms with Crippen molar-refractivity contribution in [1.82, 2.24) is 0 Å². The zero-order valence-electron chi connectivity index (χ0n) is 11.3. The molecule has 1 aliphatic carbocycles. The number of esters is 1. The highest BCUT2D eigenvalue weighted by molar-refractivity contribution is 5.89. The lowest BCUT2D eigenvalue weighted by Gasteiger charge is -2.26. The van der Waals surface area contributed by atoms with E-state index in [1.165, 1.54) is 18.4 Å². The van der Waals surface area contributed by atoms with E-state index in [9.17, 15) is 4.79 Å². The second-order valence-electron chi connectivity index (χ2n) is 4.97. The van der Waals surface area contributed by atoms with Crippen LogP contribution in [0.2, 0.25) is 0 Å². The van der Waals surface area contributed by atoms with Gasteiger partial charge >= 0.3 is 5.97 Å². The molecule has 2 rings (SSSR count). The lowest BCUT2D eigenvalue weighted by Crippen LogP contribution is -2.26. The average molecular weight is 284 g/mol. The fourth-order valence-electron chi connectivity index (χ4n) is 2.64. The molecule has 0 aliphatic heterocycles. The molecule has 0 saturated heterocycles. The normalized spacial score (nSPS) is 22.4. The quantitative estimate of drug-likeness (QED) is 0.866. The molecule has 19 heavy (non-hydrogen) atoms. The fraction of sp³-hybridized carbons (Fsp3) is 0.533. The Bertz CT molecular complexity index is 405. The number of hydrogen-bond acceptors (Lipinski definition) is 3. The smallest absolute Gasteiger partial charge is 0.338 e. The molecule has 1 saturated carbocycles. The van der Waals surface area contributed by atoms with Crippen molar-refractivity contribution in [1.29, 1.82) is 0 Å². The van der Waals surface area contributed by atoms with Crippen LogP contribution in [-0.4, -0.2) is 18.6 Å². The molecular formula is C15H22ClNO2. The summed E-state index contributed by atoms with van der Waals surface area (Å²) in [5.41, 5.74) is 7.92. The van der Waals surface area contributed by atoms with E-state index in [4.69, 9.17) is 10.5 Å². The van der Waals surface area contributed by atoms with Gasteiger partial charge in [0.2, 0.25) is 0 Å². The summed E-state index contributed by atoms with van der Waals surface area (Å²) in [5.74, 6) is 0.300. The van der Waals surface area contributed by atoms with Gasteiger partial charge in [-0.3, -0.25) is 0 Å². The molecule has 1 aromatic carbocycles. The number of rotatable bonds is 3. The maximum Gasteiger partial charge on any atom is 0.338 e. The third-order valence-electron chi connectivity index (χ3n) is 3.61. The minimum atomic E-state index is -0.246. The standard InChI is InChI=1S/C15H21NO2.ClH/c1-2-18-15(17)12-8-6-11(7-9-12)13-4-3-5-14(16)10-13;/h6-9,13-14H,2-5,10,16H2,1H3;1H. The summed E-state index contributed by atoms with van der Waals surface area (Å²) in [6.07, 6.45) is 4.59. The first kappa shape index (κ1) is 16.0. The van der Waals surface area contributed by atoms with Crippen molar-refractivity contribution < 1.29 is 9.53 Å². The average Bonchev–Trinajstić information content (AvgIpc) is 2.39. The van der Waals surface area contributed by atoms with Gasteiger partial charge in [0.1, 0.15) is 0 Å². The molecule has 0 heterocycles. The van der Waals surface area contributed by atoms with E-state index in [-0.39, 0.29) is 18.4 Å². The Morgan fingerprint density at radius 1 is 1.32 bits per heavy atom. The molecule has 1 aliphatic rings. The number of hydrogen-bond donors (Lipinski definition) is 1. The number of carbonyl (C=O) groups excluding carboxylic acids is 1. The van der Waals surface area contributed by atoms with Crippen LogP contribution < -0.4 is 5.73 Å². The maximum atomic E-state index is 11.5. The van der Waals surface area contributed by atoms with Crippen LogP contribution in [-0.2, 0) is 4.74 Å². The topological polar surface area (TPSA) is 52.3 Å². The number of nitrogens with two attached hydrogens (primary N) is 1. The Kier molecular flexibility index (Phi) is 6.32. The van der Waals surface area contributed by atoms with Gasteiger partial charge in [-0.25, -0.2) is 4.79 Å². The largest absolute Gasteiger partial charge is 0.462 e. The Hall–Kier alpha value is -1.06. The van der Waals surface area contributed by atoms with Crippen LogP contribution in [0.15, 0.2) is 24.3 Å². The molecule has 1 aromatic rings. The van der Waals surface area contributed by atoms with Gasteiger partial charge in [-0.05, 0) is 49.8 Å². The van der Waals surface area contributed by atoms with Crippen molar-refractivity contribution in [3.63, 3.8) is 0 Å². The van der Waals surface area contributed by atoms with Gasteiger partial charge in [0.05, 0.1) is 12.2 Å². The van der Waals surface area contributed by atoms with E-state index in [1.54, 1.807) is 0 Å². The van der Waals surface area contributed by atoms with Crippen molar-refractivity contribution in [2.45, 2.75) is 44.6 Å². The summed E-state index contributed by atoms with van der Waals surface area (Å²) in [5, 5.41) is 0. The second kappa shape index (κ2) is 7.51. The Morgan fingerprint density at radius 3 is 2.58 bits per heavy atom. The predicted molar refractivity (Wildman–Crippen MR) is 78.8 cm³/mol. The lowest BCUT2D eigenvalue weighted by molar-refractivity contribution is 0.0526. The number of benzene rings is 1. The lowest BCUT2D eigenvalue weighted by atomic mass is 9.81. The Morgan fingerprint density at radius 2 is 2.00 bits per heavy atom. The van der Waals surface area contributed by atoms with Crippen molar-refractivity contribution in [2.24, 2.45) is 5.73 Å². The van der Waals surface area contributed by atoms with Crippen LogP contribution in [0, 0.1) is 0 Å². The third-order valence-corrected chi connectivity index (χ3v) is 3.61. The van der Waals surface area contributed by atoms with Gasteiger partial charge in [0, 0.05) is 6.04 Å².